The monoisotopic (exact) mass is 454 g/mol. The van der Waals surface area contributed by atoms with Crippen LogP contribution in [-0.2, 0) is 14.3 Å². The first-order valence-electron chi connectivity index (χ1n) is 11.0. The molecule has 2 aromatic rings. The number of alkyl carbamates (subject to hydrolysis) is 1. The van der Waals surface area contributed by atoms with Crippen molar-refractivity contribution in [3.8, 4) is 11.1 Å². The normalized spacial score (nSPS) is 16.0. The van der Waals surface area contributed by atoms with Crippen molar-refractivity contribution in [1.82, 2.24) is 10.6 Å². The van der Waals surface area contributed by atoms with E-state index in [1.165, 1.54) is 6.92 Å². The zero-order valence-electron chi connectivity index (χ0n) is 19.0. The molecule has 8 heteroatoms. The molecule has 33 heavy (non-hydrogen) atoms. The Morgan fingerprint density at radius 1 is 1.06 bits per heavy atom. The van der Waals surface area contributed by atoms with Crippen LogP contribution in [-0.4, -0.2) is 53.0 Å². The van der Waals surface area contributed by atoms with Crippen molar-refractivity contribution in [3.05, 3.63) is 59.7 Å². The van der Waals surface area contributed by atoms with E-state index in [2.05, 4.69) is 10.6 Å². The topological polar surface area (TPSA) is 125 Å². The largest absolute Gasteiger partial charge is 0.479 e. The molecule has 4 N–H and O–H groups in total. The van der Waals surface area contributed by atoms with E-state index >= 15 is 0 Å². The van der Waals surface area contributed by atoms with Crippen LogP contribution in [0, 0.1) is 5.92 Å². The highest BCUT2D eigenvalue weighted by atomic mass is 16.5. The molecule has 0 aromatic heterocycles. The number of nitrogens with one attached hydrogen (secondary N) is 2. The maximum atomic E-state index is 12.8. The van der Waals surface area contributed by atoms with Crippen molar-refractivity contribution < 1.29 is 29.3 Å². The van der Waals surface area contributed by atoms with E-state index in [4.69, 9.17) is 4.74 Å². The van der Waals surface area contributed by atoms with Gasteiger partial charge in [-0.15, -0.1) is 0 Å². The molecule has 1 aliphatic rings. The number of benzene rings is 2. The number of carboxylic acids is 1. The van der Waals surface area contributed by atoms with Crippen LogP contribution in [0.15, 0.2) is 48.5 Å². The van der Waals surface area contributed by atoms with Gasteiger partial charge >= 0.3 is 12.1 Å². The van der Waals surface area contributed by atoms with Gasteiger partial charge in [-0.25, -0.2) is 9.59 Å². The van der Waals surface area contributed by atoms with E-state index in [9.17, 15) is 24.6 Å². The molecule has 2 aromatic carbocycles. The zero-order valence-corrected chi connectivity index (χ0v) is 19.0. The number of aliphatic hydroxyl groups excluding tert-OH is 1. The van der Waals surface area contributed by atoms with Crippen LogP contribution in [0.5, 0.6) is 0 Å². The molecule has 1 aliphatic carbocycles. The Hall–Kier alpha value is -3.39. The number of carbonyl (C=O) groups is 3. The van der Waals surface area contributed by atoms with Gasteiger partial charge in [0.25, 0.3) is 0 Å². The lowest BCUT2D eigenvalue weighted by Crippen LogP contribution is -2.61. The van der Waals surface area contributed by atoms with Gasteiger partial charge in [0.05, 0.1) is 6.61 Å². The molecule has 0 aliphatic heterocycles. The van der Waals surface area contributed by atoms with Crippen molar-refractivity contribution >= 4 is 18.0 Å². The first-order chi connectivity index (χ1) is 15.7. The standard InChI is InChI=1S/C25H30N2O6/c1-4-15(2)21(22(29)27-25(3,14-28)23(30)31)26-24(32)33-13-20-18-11-7-5-9-16(18)17-10-6-8-12-19(17)20/h5-12,15,20-21,28H,4,13-14H2,1-3H3,(H,26,32)(H,27,29)(H,30,31)/t15-,21-,25?/m0/s1. The highest BCUT2D eigenvalue weighted by molar-refractivity contribution is 5.91. The van der Waals surface area contributed by atoms with Crippen LogP contribution in [0.4, 0.5) is 4.79 Å². The Morgan fingerprint density at radius 3 is 2.09 bits per heavy atom. The zero-order chi connectivity index (χ0) is 24.2. The van der Waals surface area contributed by atoms with E-state index < -0.39 is 36.2 Å². The molecule has 0 radical (unpaired) electrons. The first-order valence-corrected chi connectivity index (χ1v) is 11.0. The van der Waals surface area contributed by atoms with Gasteiger partial charge < -0.3 is 25.6 Å². The van der Waals surface area contributed by atoms with E-state index in [-0.39, 0.29) is 18.4 Å². The highest BCUT2D eigenvalue weighted by Gasteiger charge is 2.38. The molecule has 1 unspecified atom stereocenters. The number of hydrogen-bond donors (Lipinski definition) is 4. The third kappa shape index (κ3) is 5.01. The van der Waals surface area contributed by atoms with Crippen LogP contribution in [0.2, 0.25) is 0 Å². The minimum atomic E-state index is -1.86. The smallest absolute Gasteiger partial charge is 0.407 e. The Morgan fingerprint density at radius 2 is 1.61 bits per heavy atom. The molecular weight excluding hydrogens is 424 g/mol. The molecular formula is C25H30N2O6. The summed E-state index contributed by atoms with van der Waals surface area (Å²) in [5, 5.41) is 23.6. The minimum absolute atomic E-state index is 0.0954. The summed E-state index contributed by atoms with van der Waals surface area (Å²) in [6.45, 7) is 4.14. The molecule has 0 bridgehead atoms. The van der Waals surface area contributed by atoms with Crippen LogP contribution in [0.25, 0.3) is 11.1 Å². The van der Waals surface area contributed by atoms with Crippen LogP contribution in [0.3, 0.4) is 0 Å². The van der Waals surface area contributed by atoms with E-state index in [1.54, 1.807) is 6.92 Å². The molecule has 176 valence electrons. The average molecular weight is 455 g/mol. The van der Waals surface area contributed by atoms with Crippen molar-refractivity contribution in [2.45, 2.75) is 44.7 Å². The van der Waals surface area contributed by atoms with Crippen molar-refractivity contribution in [2.75, 3.05) is 13.2 Å². The summed E-state index contributed by atoms with van der Waals surface area (Å²) >= 11 is 0. The second-order valence-corrected chi connectivity index (χ2v) is 8.62. The number of aliphatic hydroxyl groups is 1. The van der Waals surface area contributed by atoms with E-state index in [0.29, 0.717) is 6.42 Å². The first kappa shape index (κ1) is 24.3. The molecule has 0 fully saturated rings. The van der Waals surface area contributed by atoms with Gasteiger partial charge in [0, 0.05) is 5.92 Å². The van der Waals surface area contributed by atoms with Crippen molar-refractivity contribution in [3.63, 3.8) is 0 Å². The van der Waals surface area contributed by atoms with E-state index in [1.807, 2.05) is 55.5 Å². The lowest BCUT2D eigenvalue weighted by molar-refractivity contribution is -0.149. The van der Waals surface area contributed by atoms with Gasteiger partial charge in [0.1, 0.15) is 12.6 Å². The van der Waals surface area contributed by atoms with Gasteiger partial charge in [0.2, 0.25) is 5.91 Å². The molecule has 3 rings (SSSR count). The number of ether oxygens (including phenoxy) is 1. The van der Waals surface area contributed by atoms with Crippen LogP contribution >= 0.6 is 0 Å². The average Bonchev–Trinajstić information content (AvgIpc) is 3.14. The fourth-order valence-corrected chi connectivity index (χ4v) is 3.98. The molecule has 8 nitrogen and oxygen atoms in total. The number of amides is 2. The molecule has 0 saturated carbocycles. The third-order valence-electron chi connectivity index (χ3n) is 6.30. The fraction of sp³-hybridized carbons (Fsp3) is 0.400. The highest BCUT2D eigenvalue weighted by Crippen LogP contribution is 2.44. The lowest BCUT2D eigenvalue weighted by atomic mass is 9.96. The number of hydrogen-bond acceptors (Lipinski definition) is 5. The minimum Gasteiger partial charge on any atom is -0.479 e. The fourth-order valence-electron chi connectivity index (χ4n) is 3.98. The predicted molar refractivity (Wildman–Crippen MR) is 123 cm³/mol. The number of carbonyl (C=O) groups excluding carboxylic acids is 2. The summed E-state index contributed by atoms with van der Waals surface area (Å²) in [4.78, 5) is 36.9. The van der Waals surface area contributed by atoms with Gasteiger partial charge in [0.15, 0.2) is 5.54 Å². The molecule has 0 spiro atoms. The number of carboxylic acid groups (broad SMARTS) is 1. The van der Waals surface area contributed by atoms with Crippen molar-refractivity contribution in [2.24, 2.45) is 5.92 Å². The van der Waals surface area contributed by atoms with Gasteiger partial charge in [-0.3, -0.25) is 4.79 Å². The Bertz CT molecular complexity index is 994. The molecule has 0 saturated heterocycles. The van der Waals surface area contributed by atoms with Gasteiger partial charge in [-0.1, -0.05) is 68.8 Å². The predicted octanol–water partition coefficient (Wildman–Crippen LogP) is 2.89. The number of fused-ring (bicyclic) bond motifs is 3. The summed E-state index contributed by atoms with van der Waals surface area (Å²) in [5.41, 5.74) is 2.50. The Kier molecular flexibility index (Phi) is 7.38. The summed E-state index contributed by atoms with van der Waals surface area (Å²) in [6.07, 6.45) is -0.205. The van der Waals surface area contributed by atoms with E-state index in [0.717, 1.165) is 22.3 Å². The number of rotatable bonds is 9. The SMILES string of the molecule is CC[C@H](C)[C@H](NC(=O)OCC1c2ccccc2-c2ccccc21)C(=O)NC(C)(CO)C(=O)O. The van der Waals surface area contributed by atoms with Gasteiger partial charge in [-0.05, 0) is 35.1 Å². The molecule has 2 amide bonds. The summed E-state index contributed by atoms with van der Waals surface area (Å²) in [5.74, 6) is -2.48. The number of aliphatic carboxylic acids is 1. The maximum absolute atomic E-state index is 12.8. The molecule has 3 atom stereocenters. The molecule has 0 heterocycles. The second kappa shape index (κ2) is 10.0. The maximum Gasteiger partial charge on any atom is 0.407 e. The van der Waals surface area contributed by atoms with Crippen molar-refractivity contribution in [1.29, 1.82) is 0 Å². The van der Waals surface area contributed by atoms with Gasteiger partial charge in [-0.2, -0.15) is 0 Å². The Labute approximate surface area is 193 Å². The summed E-state index contributed by atoms with van der Waals surface area (Å²) in [7, 11) is 0. The Balaban J connectivity index is 1.70. The van der Waals surface area contributed by atoms with Crippen LogP contribution < -0.4 is 10.6 Å². The third-order valence-corrected chi connectivity index (χ3v) is 6.30. The lowest BCUT2D eigenvalue weighted by Gasteiger charge is -2.29. The summed E-state index contributed by atoms with van der Waals surface area (Å²) in [6, 6.07) is 14.9. The second-order valence-electron chi connectivity index (χ2n) is 8.62. The van der Waals surface area contributed by atoms with Crippen LogP contribution in [0.1, 0.15) is 44.2 Å². The quantitative estimate of drug-likeness (QED) is 0.462. The summed E-state index contributed by atoms with van der Waals surface area (Å²) < 4.78 is 5.52.